The molecule has 0 bridgehead atoms. The van der Waals surface area contributed by atoms with Gasteiger partial charge in [-0.2, -0.15) is 0 Å². The molecule has 138 valence electrons. The standard InChI is InChI=1S/C19H28N2O4/c1-2-3-7-12-25-19(24)16-9-8-15(13-17(16)22)20-18(23)14-21-10-5-4-6-11-21/h8-9,13,22H,2-7,10-12,14H2,1H3,(H,20,23). The Morgan fingerprint density at radius 3 is 2.64 bits per heavy atom. The molecule has 1 aromatic carbocycles. The number of likely N-dealkylation sites (tertiary alicyclic amines) is 1. The summed E-state index contributed by atoms with van der Waals surface area (Å²) in [6, 6.07) is 4.47. The van der Waals surface area contributed by atoms with Crippen LogP contribution >= 0.6 is 0 Å². The van der Waals surface area contributed by atoms with Crippen molar-refractivity contribution in [2.75, 3.05) is 31.6 Å². The van der Waals surface area contributed by atoms with E-state index >= 15 is 0 Å². The lowest BCUT2D eigenvalue weighted by Crippen LogP contribution is -2.36. The molecule has 2 rings (SSSR count). The molecule has 0 aliphatic carbocycles. The topological polar surface area (TPSA) is 78.9 Å². The van der Waals surface area contributed by atoms with E-state index in [9.17, 15) is 14.7 Å². The van der Waals surface area contributed by atoms with Crippen LogP contribution in [0.25, 0.3) is 0 Å². The van der Waals surface area contributed by atoms with Gasteiger partial charge in [0.1, 0.15) is 11.3 Å². The summed E-state index contributed by atoms with van der Waals surface area (Å²) in [4.78, 5) is 26.2. The normalized spacial score (nSPS) is 14.9. The molecule has 0 aromatic heterocycles. The molecule has 6 nitrogen and oxygen atoms in total. The van der Waals surface area contributed by atoms with Crippen molar-refractivity contribution in [1.29, 1.82) is 0 Å². The van der Waals surface area contributed by atoms with Crippen LogP contribution in [0.4, 0.5) is 5.69 Å². The van der Waals surface area contributed by atoms with Crippen molar-refractivity contribution in [3.05, 3.63) is 23.8 Å². The lowest BCUT2D eigenvalue weighted by molar-refractivity contribution is -0.117. The van der Waals surface area contributed by atoms with Gasteiger partial charge in [0.15, 0.2) is 0 Å². The molecule has 6 heteroatoms. The predicted octanol–water partition coefficient (Wildman–Crippen LogP) is 3.16. The maximum absolute atomic E-state index is 12.1. The van der Waals surface area contributed by atoms with Crippen molar-refractivity contribution in [3.63, 3.8) is 0 Å². The number of esters is 1. The number of amides is 1. The number of nitrogens with one attached hydrogen (secondary N) is 1. The molecule has 0 unspecified atom stereocenters. The number of phenolic OH excluding ortho intramolecular Hbond substituents is 1. The van der Waals surface area contributed by atoms with E-state index in [1.54, 1.807) is 6.07 Å². The lowest BCUT2D eigenvalue weighted by Gasteiger charge is -2.25. The zero-order valence-electron chi connectivity index (χ0n) is 14.9. The Morgan fingerprint density at radius 1 is 1.20 bits per heavy atom. The zero-order chi connectivity index (χ0) is 18.1. The molecule has 0 radical (unpaired) electrons. The number of ether oxygens (including phenoxy) is 1. The first-order valence-corrected chi connectivity index (χ1v) is 9.12. The third-order valence-electron chi connectivity index (χ3n) is 4.30. The molecule has 1 aromatic rings. The minimum absolute atomic E-state index is 0.115. The number of nitrogens with zero attached hydrogens (tertiary/aromatic N) is 1. The number of hydrogen-bond donors (Lipinski definition) is 2. The van der Waals surface area contributed by atoms with E-state index in [1.165, 1.54) is 18.6 Å². The van der Waals surface area contributed by atoms with Crippen LogP contribution in [0.2, 0.25) is 0 Å². The van der Waals surface area contributed by atoms with E-state index in [1.807, 2.05) is 0 Å². The predicted molar refractivity (Wildman–Crippen MR) is 96.8 cm³/mol. The first kappa shape index (κ1) is 19.2. The highest BCUT2D eigenvalue weighted by atomic mass is 16.5. The fourth-order valence-corrected chi connectivity index (χ4v) is 2.90. The van der Waals surface area contributed by atoms with Crippen LogP contribution in [0.1, 0.15) is 55.8 Å². The monoisotopic (exact) mass is 348 g/mol. The van der Waals surface area contributed by atoms with Crippen LogP contribution in [-0.4, -0.2) is 48.1 Å². The van der Waals surface area contributed by atoms with Crippen LogP contribution in [-0.2, 0) is 9.53 Å². The fourth-order valence-electron chi connectivity index (χ4n) is 2.90. The van der Waals surface area contributed by atoms with Crippen LogP contribution in [0.3, 0.4) is 0 Å². The Bertz CT molecular complexity index is 583. The Labute approximate surface area is 149 Å². The fraction of sp³-hybridized carbons (Fsp3) is 0.579. The molecule has 0 saturated carbocycles. The number of piperidine rings is 1. The van der Waals surface area contributed by atoms with E-state index in [0.717, 1.165) is 45.2 Å². The Hall–Kier alpha value is -2.08. The molecule has 1 amide bonds. The second-order valence-corrected chi connectivity index (χ2v) is 6.46. The number of aromatic hydroxyl groups is 1. The molecule has 1 heterocycles. The minimum atomic E-state index is -0.542. The highest BCUT2D eigenvalue weighted by molar-refractivity contribution is 5.95. The third kappa shape index (κ3) is 6.38. The first-order valence-electron chi connectivity index (χ1n) is 9.12. The summed E-state index contributed by atoms with van der Waals surface area (Å²) in [6.07, 6.45) is 6.35. The average molecular weight is 348 g/mol. The zero-order valence-corrected chi connectivity index (χ0v) is 14.9. The van der Waals surface area contributed by atoms with Crippen LogP contribution in [0, 0.1) is 0 Å². The van der Waals surface area contributed by atoms with Gasteiger partial charge in [-0.3, -0.25) is 9.69 Å². The number of carbonyl (C=O) groups is 2. The molecule has 1 fully saturated rings. The van der Waals surface area contributed by atoms with Gasteiger partial charge in [-0.05, 0) is 44.5 Å². The molecule has 0 atom stereocenters. The van der Waals surface area contributed by atoms with E-state index in [-0.39, 0.29) is 17.2 Å². The number of unbranched alkanes of at least 4 members (excludes halogenated alkanes) is 2. The van der Waals surface area contributed by atoms with Gasteiger partial charge >= 0.3 is 5.97 Å². The van der Waals surface area contributed by atoms with E-state index in [4.69, 9.17) is 4.74 Å². The minimum Gasteiger partial charge on any atom is -0.507 e. The summed E-state index contributed by atoms with van der Waals surface area (Å²) in [7, 11) is 0. The van der Waals surface area contributed by atoms with Gasteiger partial charge in [-0.25, -0.2) is 4.79 Å². The summed E-state index contributed by atoms with van der Waals surface area (Å²) in [6.45, 7) is 4.66. The molecule has 25 heavy (non-hydrogen) atoms. The summed E-state index contributed by atoms with van der Waals surface area (Å²) in [5, 5.41) is 12.8. The molecule has 0 spiro atoms. The van der Waals surface area contributed by atoms with Crippen molar-refractivity contribution < 1.29 is 19.4 Å². The van der Waals surface area contributed by atoms with Gasteiger partial charge in [0.05, 0.1) is 13.2 Å². The van der Waals surface area contributed by atoms with Gasteiger partial charge in [0.2, 0.25) is 5.91 Å². The lowest BCUT2D eigenvalue weighted by atomic mass is 10.1. The Morgan fingerprint density at radius 2 is 1.96 bits per heavy atom. The quantitative estimate of drug-likeness (QED) is 0.557. The molecular weight excluding hydrogens is 320 g/mol. The largest absolute Gasteiger partial charge is 0.507 e. The molecule has 1 aliphatic rings. The van der Waals surface area contributed by atoms with E-state index < -0.39 is 5.97 Å². The molecule has 2 N–H and O–H groups in total. The number of rotatable bonds is 8. The van der Waals surface area contributed by atoms with Crippen molar-refractivity contribution in [3.8, 4) is 5.75 Å². The van der Waals surface area contributed by atoms with Gasteiger partial charge in [-0.1, -0.05) is 26.2 Å². The van der Waals surface area contributed by atoms with Crippen molar-refractivity contribution in [2.45, 2.75) is 45.4 Å². The van der Waals surface area contributed by atoms with Crippen molar-refractivity contribution in [2.24, 2.45) is 0 Å². The van der Waals surface area contributed by atoms with Crippen LogP contribution < -0.4 is 5.32 Å². The number of benzene rings is 1. The second kappa shape index (κ2) is 10.0. The summed E-state index contributed by atoms with van der Waals surface area (Å²) in [5.41, 5.74) is 0.590. The van der Waals surface area contributed by atoms with Gasteiger partial charge in [-0.15, -0.1) is 0 Å². The second-order valence-electron chi connectivity index (χ2n) is 6.46. The highest BCUT2D eigenvalue weighted by Gasteiger charge is 2.16. The first-order chi connectivity index (χ1) is 12.1. The van der Waals surface area contributed by atoms with Crippen LogP contribution in [0.15, 0.2) is 18.2 Å². The van der Waals surface area contributed by atoms with Crippen molar-refractivity contribution >= 4 is 17.6 Å². The van der Waals surface area contributed by atoms with Gasteiger partial charge in [0.25, 0.3) is 0 Å². The Balaban J connectivity index is 1.85. The third-order valence-corrected chi connectivity index (χ3v) is 4.30. The maximum Gasteiger partial charge on any atom is 0.341 e. The average Bonchev–Trinajstić information content (AvgIpc) is 2.59. The molecular formula is C19H28N2O4. The van der Waals surface area contributed by atoms with Gasteiger partial charge in [0, 0.05) is 11.8 Å². The number of carbonyl (C=O) groups excluding carboxylic acids is 2. The van der Waals surface area contributed by atoms with E-state index in [2.05, 4.69) is 17.1 Å². The number of anilines is 1. The smallest absolute Gasteiger partial charge is 0.341 e. The maximum atomic E-state index is 12.1. The SMILES string of the molecule is CCCCCOC(=O)c1ccc(NC(=O)CN2CCCCC2)cc1O. The van der Waals surface area contributed by atoms with E-state index in [0.29, 0.717) is 18.8 Å². The summed E-state index contributed by atoms with van der Waals surface area (Å²) in [5.74, 6) is -0.841. The molecule has 1 aliphatic heterocycles. The molecule has 1 saturated heterocycles. The highest BCUT2D eigenvalue weighted by Crippen LogP contribution is 2.23. The summed E-state index contributed by atoms with van der Waals surface area (Å²) < 4.78 is 5.14. The number of phenols is 1. The number of hydrogen-bond acceptors (Lipinski definition) is 5. The van der Waals surface area contributed by atoms with Gasteiger partial charge < -0.3 is 15.2 Å². The summed E-state index contributed by atoms with van der Waals surface area (Å²) >= 11 is 0. The van der Waals surface area contributed by atoms with Crippen molar-refractivity contribution in [1.82, 2.24) is 4.90 Å². The van der Waals surface area contributed by atoms with Crippen LogP contribution in [0.5, 0.6) is 5.75 Å². The Kier molecular flexibility index (Phi) is 7.73.